The second-order valence-electron chi connectivity index (χ2n) is 6.23. The molecule has 6 nitrogen and oxygen atoms in total. The van der Waals surface area contributed by atoms with Crippen LogP contribution >= 0.6 is 0 Å². The average molecular weight is 325 g/mol. The normalized spacial score (nSPS) is 34.9. The minimum atomic E-state index is -1.68. The molecule has 3 rings (SSSR count). The average Bonchev–Trinajstić information content (AvgIpc) is 2.94. The number of carbonyl (C=O) groups is 1. The lowest BCUT2D eigenvalue weighted by atomic mass is 10.2. The van der Waals surface area contributed by atoms with E-state index in [0.29, 0.717) is 0 Å². The number of aliphatic hydroxyl groups excluding tert-OH is 1. The van der Waals surface area contributed by atoms with Crippen LogP contribution in [0.25, 0.3) is 0 Å². The Bertz CT molecular complexity index is 567. The number of ether oxygens (including phenoxy) is 3. The molecule has 1 aliphatic heterocycles. The number of alkyl carbamates (subject to hydrolysis) is 1. The zero-order chi connectivity index (χ0) is 16.6. The highest BCUT2D eigenvalue weighted by Gasteiger charge is 2.59. The Morgan fingerprint density at radius 2 is 1.96 bits per heavy atom. The van der Waals surface area contributed by atoms with Gasteiger partial charge in [0.25, 0.3) is 0 Å². The van der Waals surface area contributed by atoms with E-state index in [-0.39, 0.29) is 6.61 Å². The minimum absolute atomic E-state index is 0.0792. The van der Waals surface area contributed by atoms with Crippen LogP contribution in [0.15, 0.2) is 30.3 Å². The monoisotopic (exact) mass is 325 g/mol. The molecular formula is C16H20FNO5. The Kier molecular flexibility index (Phi) is 4.27. The molecule has 0 aromatic heterocycles. The van der Waals surface area contributed by atoms with Crippen molar-refractivity contribution >= 4 is 6.09 Å². The molecule has 1 aromatic rings. The Morgan fingerprint density at radius 3 is 2.65 bits per heavy atom. The Labute approximate surface area is 133 Å². The van der Waals surface area contributed by atoms with Crippen molar-refractivity contribution in [3.8, 4) is 0 Å². The number of benzene rings is 1. The summed E-state index contributed by atoms with van der Waals surface area (Å²) in [6, 6.07) is 8.14. The first-order valence-corrected chi connectivity index (χ1v) is 7.52. The van der Waals surface area contributed by atoms with Crippen molar-refractivity contribution in [2.75, 3.05) is 0 Å². The van der Waals surface area contributed by atoms with E-state index in [1.807, 2.05) is 30.3 Å². The van der Waals surface area contributed by atoms with E-state index in [0.717, 1.165) is 5.56 Å². The molecule has 1 aliphatic carbocycles. The molecule has 2 aliphatic rings. The minimum Gasteiger partial charge on any atom is -0.445 e. The smallest absolute Gasteiger partial charge is 0.407 e. The number of alkyl halides is 1. The fourth-order valence-corrected chi connectivity index (χ4v) is 3.00. The van der Waals surface area contributed by atoms with E-state index in [9.17, 15) is 14.3 Å². The summed E-state index contributed by atoms with van der Waals surface area (Å²) in [5.41, 5.74) is 0.824. The highest BCUT2D eigenvalue weighted by atomic mass is 19.1. The van der Waals surface area contributed by atoms with E-state index in [2.05, 4.69) is 5.32 Å². The van der Waals surface area contributed by atoms with Gasteiger partial charge in [-0.25, -0.2) is 9.18 Å². The molecule has 126 valence electrons. The van der Waals surface area contributed by atoms with Crippen molar-refractivity contribution in [3.63, 3.8) is 0 Å². The molecule has 1 amide bonds. The van der Waals surface area contributed by atoms with Gasteiger partial charge in [0.1, 0.15) is 24.9 Å². The Morgan fingerprint density at radius 1 is 1.30 bits per heavy atom. The van der Waals surface area contributed by atoms with Crippen LogP contribution in [0.5, 0.6) is 0 Å². The molecule has 1 saturated carbocycles. The molecule has 1 heterocycles. The molecule has 5 atom stereocenters. The van der Waals surface area contributed by atoms with Gasteiger partial charge in [0, 0.05) is 0 Å². The van der Waals surface area contributed by atoms with Gasteiger partial charge in [0.2, 0.25) is 0 Å². The highest BCUT2D eigenvalue weighted by molar-refractivity contribution is 5.68. The fraction of sp³-hybridized carbons (Fsp3) is 0.562. The predicted octanol–water partition coefficient (Wildman–Crippen LogP) is 1.51. The topological polar surface area (TPSA) is 77.0 Å². The van der Waals surface area contributed by atoms with Gasteiger partial charge in [0.05, 0.1) is 6.04 Å². The third-order valence-electron chi connectivity index (χ3n) is 4.02. The Hall–Kier alpha value is -1.70. The maximum Gasteiger partial charge on any atom is 0.407 e. The second kappa shape index (κ2) is 6.07. The fourth-order valence-electron chi connectivity index (χ4n) is 3.00. The molecule has 0 spiro atoms. The number of aliphatic hydroxyl groups is 1. The van der Waals surface area contributed by atoms with Gasteiger partial charge in [-0.2, -0.15) is 0 Å². The summed E-state index contributed by atoms with van der Waals surface area (Å²) in [4.78, 5) is 11.9. The molecule has 23 heavy (non-hydrogen) atoms. The van der Waals surface area contributed by atoms with Crippen LogP contribution in [-0.4, -0.2) is 47.5 Å². The molecule has 1 unspecified atom stereocenters. The standard InChI is InChI=1S/C16H20FNO5/c1-16(2)22-13-11(10(17)12(19)14(13)23-16)18-15(20)21-8-9-6-4-3-5-7-9/h3-7,10-14,19H,8H2,1-2H3,(H,18,20)/t10-,11-,12+,13+,14?/m1/s1. The first-order chi connectivity index (χ1) is 10.9. The van der Waals surface area contributed by atoms with Crippen molar-refractivity contribution in [2.45, 2.75) is 56.8 Å². The van der Waals surface area contributed by atoms with E-state index in [4.69, 9.17) is 14.2 Å². The van der Waals surface area contributed by atoms with Gasteiger partial charge in [-0.15, -0.1) is 0 Å². The lowest BCUT2D eigenvalue weighted by Gasteiger charge is -2.24. The summed E-state index contributed by atoms with van der Waals surface area (Å²) in [5.74, 6) is -0.926. The molecule has 1 aromatic carbocycles. The number of amides is 1. The van der Waals surface area contributed by atoms with E-state index >= 15 is 0 Å². The zero-order valence-electron chi connectivity index (χ0n) is 12.9. The van der Waals surface area contributed by atoms with Crippen LogP contribution in [0.4, 0.5) is 9.18 Å². The lowest BCUT2D eigenvalue weighted by Crippen LogP contribution is -2.47. The molecule has 1 saturated heterocycles. The number of carbonyl (C=O) groups excluding carboxylic acids is 1. The van der Waals surface area contributed by atoms with Gasteiger partial charge in [0.15, 0.2) is 12.0 Å². The van der Waals surface area contributed by atoms with Crippen molar-refractivity contribution < 1.29 is 28.5 Å². The van der Waals surface area contributed by atoms with Gasteiger partial charge >= 0.3 is 6.09 Å². The van der Waals surface area contributed by atoms with Crippen LogP contribution in [0.2, 0.25) is 0 Å². The van der Waals surface area contributed by atoms with Crippen LogP contribution < -0.4 is 5.32 Å². The van der Waals surface area contributed by atoms with Crippen molar-refractivity contribution in [1.29, 1.82) is 0 Å². The van der Waals surface area contributed by atoms with E-state index < -0.39 is 42.4 Å². The summed E-state index contributed by atoms with van der Waals surface area (Å²) in [7, 11) is 0. The molecule has 0 bridgehead atoms. The quantitative estimate of drug-likeness (QED) is 0.881. The number of halogens is 1. The second-order valence-corrected chi connectivity index (χ2v) is 6.23. The summed E-state index contributed by atoms with van der Waals surface area (Å²) in [6.07, 6.45) is -5.34. The maximum atomic E-state index is 14.2. The largest absolute Gasteiger partial charge is 0.445 e. The predicted molar refractivity (Wildman–Crippen MR) is 78.3 cm³/mol. The SMILES string of the molecule is CC1(C)OC2[C@@H](O)[C@H](F)[C@@H](NC(=O)OCc3ccccc3)[C@@H]2O1. The first kappa shape index (κ1) is 16.2. The molecule has 2 fully saturated rings. The van der Waals surface area contributed by atoms with Crippen LogP contribution in [-0.2, 0) is 20.8 Å². The maximum absolute atomic E-state index is 14.2. The molecule has 2 N–H and O–H groups in total. The van der Waals surface area contributed by atoms with Gasteiger partial charge < -0.3 is 24.6 Å². The number of fused-ring (bicyclic) bond motifs is 1. The lowest BCUT2D eigenvalue weighted by molar-refractivity contribution is -0.171. The van der Waals surface area contributed by atoms with Crippen molar-refractivity contribution in [1.82, 2.24) is 5.32 Å². The van der Waals surface area contributed by atoms with Crippen LogP contribution in [0.1, 0.15) is 19.4 Å². The Balaban J connectivity index is 1.59. The molecular weight excluding hydrogens is 305 g/mol. The zero-order valence-corrected chi connectivity index (χ0v) is 12.9. The van der Waals surface area contributed by atoms with Gasteiger partial charge in [-0.1, -0.05) is 30.3 Å². The summed E-state index contributed by atoms with van der Waals surface area (Å²) >= 11 is 0. The van der Waals surface area contributed by atoms with Crippen molar-refractivity contribution in [2.24, 2.45) is 0 Å². The van der Waals surface area contributed by atoms with E-state index in [1.54, 1.807) is 13.8 Å². The number of nitrogens with one attached hydrogen (secondary N) is 1. The number of hydrogen-bond acceptors (Lipinski definition) is 5. The summed E-state index contributed by atoms with van der Waals surface area (Å²) < 4.78 is 30.4. The summed E-state index contributed by atoms with van der Waals surface area (Å²) in [5, 5.41) is 12.4. The third-order valence-corrected chi connectivity index (χ3v) is 4.02. The number of rotatable bonds is 3. The van der Waals surface area contributed by atoms with Crippen LogP contribution in [0, 0.1) is 0 Å². The first-order valence-electron chi connectivity index (χ1n) is 7.52. The highest BCUT2D eigenvalue weighted by Crippen LogP contribution is 2.39. The molecule has 7 heteroatoms. The van der Waals surface area contributed by atoms with Gasteiger partial charge in [-0.3, -0.25) is 0 Å². The van der Waals surface area contributed by atoms with Crippen molar-refractivity contribution in [3.05, 3.63) is 35.9 Å². The third kappa shape index (κ3) is 3.31. The van der Waals surface area contributed by atoms with Gasteiger partial charge in [-0.05, 0) is 19.4 Å². The van der Waals surface area contributed by atoms with E-state index in [1.165, 1.54) is 0 Å². The molecule has 0 radical (unpaired) electrons. The van der Waals surface area contributed by atoms with Crippen LogP contribution in [0.3, 0.4) is 0 Å². The summed E-state index contributed by atoms with van der Waals surface area (Å²) in [6.45, 7) is 3.43. The number of hydrogen-bond donors (Lipinski definition) is 2.